The number of nitrogens with one attached hydrogen (secondary N) is 4. The van der Waals surface area contributed by atoms with Gasteiger partial charge in [-0.2, -0.15) is 10.2 Å². The van der Waals surface area contributed by atoms with E-state index < -0.39 is 0 Å². The Kier molecular flexibility index (Phi) is 7.85. The van der Waals surface area contributed by atoms with Crippen molar-refractivity contribution in [1.82, 2.24) is 21.5 Å². The number of hydrogen-bond acceptors (Lipinski definition) is 4. The van der Waals surface area contributed by atoms with Crippen LogP contribution in [0.25, 0.3) is 0 Å². The van der Waals surface area contributed by atoms with Crippen molar-refractivity contribution in [2.24, 2.45) is 33.4 Å². The van der Waals surface area contributed by atoms with Crippen LogP contribution in [-0.4, -0.2) is 34.7 Å². The van der Waals surface area contributed by atoms with Gasteiger partial charge in [0.15, 0.2) is 10.2 Å². The van der Waals surface area contributed by atoms with Gasteiger partial charge < -0.3 is 10.6 Å². The van der Waals surface area contributed by atoms with Gasteiger partial charge >= 0.3 is 0 Å². The van der Waals surface area contributed by atoms with Crippen LogP contribution >= 0.6 is 24.4 Å². The van der Waals surface area contributed by atoms with E-state index in [1.54, 1.807) is 0 Å². The minimum absolute atomic E-state index is 0.518. The van der Waals surface area contributed by atoms with Crippen molar-refractivity contribution < 1.29 is 0 Å². The van der Waals surface area contributed by atoms with Crippen molar-refractivity contribution in [1.29, 1.82) is 0 Å². The number of nitrogens with zero attached hydrogens (tertiary/aromatic N) is 2. The highest BCUT2D eigenvalue weighted by molar-refractivity contribution is 7.80. The Balaban J connectivity index is 1.66. The van der Waals surface area contributed by atoms with Gasteiger partial charge in [-0.1, -0.05) is 0 Å². The summed E-state index contributed by atoms with van der Waals surface area (Å²) in [6.07, 6.45) is 10.8. The zero-order valence-electron chi connectivity index (χ0n) is 18.0. The van der Waals surface area contributed by atoms with Gasteiger partial charge in [0.2, 0.25) is 0 Å². The van der Waals surface area contributed by atoms with Crippen LogP contribution in [0.1, 0.15) is 72.1 Å². The van der Waals surface area contributed by atoms with Gasteiger partial charge in [0.1, 0.15) is 0 Å². The molecule has 4 N–H and O–H groups in total. The van der Waals surface area contributed by atoms with Crippen molar-refractivity contribution >= 4 is 46.1 Å². The molecule has 162 valence electrons. The Hall–Kier alpha value is -1.28. The van der Waals surface area contributed by atoms with E-state index in [2.05, 4.69) is 31.7 Å². The predicted octanol–water partition coefficient (Wildman–Crippen LogP) is 3.68. The molecule has 0 radical (unpaired) electrons. The SMILES string of the molecule is CCNC(=S)N/N=C(C)/C(CCC12CC3CC(CC(C3)C1)C2)=N/NC(=S)NCC. The van der Waals surface area contributed by atoms with Crippen molar-refractivity contribution in [2.45, 2.75) is 72.1 Å². The van der Waals surface area contributed by atoms with Gasteiger partial charge in [0, 0.05) is 13.1 Å². The summed E-state index contributed by atoms with van der Waals surface area (Å²) in [5.41, 5.74) is 8.23. The van der Waals surface area contributed by atoms with E-state index in [1.165, 1.54) is 44.9 Å². The lowest BCUT2D eigenvalue weighted by atomic mass is 9.48. The Bertz CT molecular complexity index is 637. The number of hydrazone groups is 2. The summed E-state index contributed by atoms with van der Waals surface area (Å²) in [4.78, 5) is 0. The summed E-state index contributed by atoms with van der Waals surface area (Å²) < 4.78 is 0. The molecular formula is C21H36N6S2. The molecule has 0 aliphatic heterocycles. The third-order valence-corrected chi connectivity index (χ3v) is 7.24. The fraction of sp³-hybridized carbons (Fsp3) is 0.810. The number of thiocarbonyl (C=S) groups is 2. The maximum atomic E-state index is 5.28. The summed E-state index contributed by atoms with van der Waals surface area (Å²) >= 11 is 10.5. The molecule has 4 aliphatic carbocycles. The first-order valence-corrected chi connectivity index (χ1v) is 11.9. The predicted molar refractivity (Wildman–Crippen MR) is 129 cm³/mol. The van der Waals surface area contributed by atoms with E-state index in [-0.39, 0.29) is 0 Å². The summed E-state index contributed by atoms with van der Waals surface area (Å²) in [5.74, 6) is 2.90. The molecule has 0 atom stereocenters. The lowest BCUT2D eigenvalue weighted by Gasteiger charge is -2.57. The van der Waals surface area contributed by atoms with Crippen LogP contribution in [0.15, 0.2) is 10.2 Å². The van der Waals surface area contributed by atoms with E-state index >= 15 is 0 Å². The van der Waals surface area contributed by atoms with Gasteiger partial charge in [-0.15, -0.1) is 0 Å². The van der Waals surface area contributed by atoms with E-state index in [0.717, 1.165) is 48.7 Å². The molecule has 0 aromatic rings. The molecule has 4 bridgehead atoms. The fourth-order valence-corrected chi connectivity index (χ4v) is 6.40. The van der Waals surface area contributed by atoms with Gasteiger partial charge in [-0.05, 0) is 120 Å². The smallest absolute Gasteiger partial charge is 0.186 e. The minimum atomic E-state index is 0.518. The maximum Gasteiger partial charge on any atom is 0.186 e. The molecule has 0 unspecified atom stereocenters. The average Bonchev–Trinajstić information content (AvgIpc) is 2.65. The lowest BCUT2D eigenvalue weighted by molar-refractivity contribution is -0.0560. The second-order valence-corrected chi connectivity index (χ2v) is 9.93. The molecule has 4 saturated carbocycles. The van der Waals surface area contributed by atoms with Gasteiger partial charge in [-0.3, -0.25) is 10.9 Å². The Morgan fingerprint density at radius 2 is 1.34 bits per heavy atom. The zero-order valence-corrected chi connectivity index (χ0v) is 19.6. The Morgan fingerprint density at radius 3 is 1.83 bits per heavy atom. The minimum Gasteiger partial charge on any atom is -0.362 e. The van der Waals surface area contributed by atoms with Gasteiger partial charge in [0.05, 0.1) is 11.4 Å². The third kappa shape index (κ3) is 6.10. The van der Waals surface area contributed by atoms with E-state index in [9.17, 15) is 0 Å². The summed E-state index contributed by atoms with van der Waals surface area (Å²) in [6, 6.07) is 0. The molecule has 0 amide bonds. The quantitative estimate of drug-likeness (QED) is 0.264. The third-order valence-electron chi connectivity index (χ3n) is 6.77. The summed E-state index contributed by atoms with van der Waals surface area (Å²) in [5, 5.41) is 16.3. The standard InChI is InChI=1S/C21H36N6S2/c1-4-22-19(28)26-24-14(3)18(25-27-20(29)23-5-2)6-7-21-11-15-8-16(12-21)10-17(9-15)13-21/h15-17H,4-13H2,1-3H3,(H2,22,26,28)(H2,23,27,29)/b24-14+,25-18+. The van der Waals surface area contributed by atoms with E-state index in [0.29, 0.717) is 15.6 Å². The Labute approximate surface area is 186 Å². The van der Waals surface area contributed by atoms with Crippen LogP contribution < -0.4 is 21.5 Å². The van der Waals surface area contributed by atoms with Crippen LogP contribution in [0.5, 0.6) is 0 Å². The molecule has 0 saturated heterocycles. The lowest BCUT2D eigenvalue weighted by Crippen LogP contribution is -2.46. The molecule has 4 aliphatic rings. The highest BCUT2D eigenvalue weighted by Gasteiger charge is 2.50. The monoisotopic (exact) mass is 436 g/mol. The molecule has 8 heteroatoms. The van der Waals surface area contributed by atoms with Crippen LogP contribution in [0.2, 0.25) is 0 Å². The highest BCUT2D eigenvalue weighted by atomic mass is 32.1. The Morgan fingerprint density at radius 1 is 0.862 bits per heavy atom. The molecule has 6 nitrogen and oxygen atoms in total. The van der Waals surface area contributed by atoms with Crippen LogP contribution in [0, 0.1) is 23.2 Å². The van der Waals surface area contributed by atoms with Gasteiger partial charge in [0.25, 0.3) is 0 Å². The van der Waals surface area contributed by atoms with Crippen LogP contribution in [0.4, 0.5) is 0 Å². The summed E-state index contributed by atoms with van der Waals surface area (Å²) in [7, 11) is 0. The van der Waals surface area contributed by atoms with E-state index in [4.69, 9.17) is 24.4 Å². The molecule has 4 fully saturated rings. The van der Waals surface area contributed by atoms with Gasteiger partial charge in [-0.25, -0.2) is 0 Å². The van der Waals surface area contributed by atoms with Crippen molar-refractivity contribution in [2.75, 3.05) is 13.1 Å². The molecule has 0 aromatic heterocycles. The summed E-state index contributed by atoms with van der Waals surface area (Å²) in [6.45, 7) is 7.55. The first kappa shape index (κ1) is 22.4. The topological polar surface area (TPSA) is 72.8 Å². The largest absolute Gasteiger partial charge is 0.362 e. The van der Waals surface area contributed by atoms with Crippen molar-refractivity contribution in [3.05, 3.63) is 0 Å². The molecule has 0 heterocycles. The number of rotatable bonds is 8. The highest BCUT2D eigenvalue weighted by Crippen LogP contribution is 2.61. The second kappa shape index (κ2) is 10.2. The first-order valence-electron chi connectivity index (χ1n) is 11.1. The molecule has 29 heavy (non-hydrogen) atoms. The fourth-order valence-electron chi connectivity index (χ4n) is 6.02. The average molecular weight is 437 g/mol. The van der Waals surface area contributed by atoms with Crippen LogP contribution in [0.3, 0.4) is 0 Å². The zero-order chi connectivity index (χ0) is 20.9. The van der Waals surface area contributed by atoms with Crippen molar-refractivity contribution in [3.8, 4) is 0 Å². The second-order valence-electron chi connectivity index (χ2n) is 9.12. The molecule has 4 rings (SSSR count). The molecule has 0 spiro atoms. The number of hydrogen-bond donors (Lipinski definition) is 4. The van der Waals surface area contributed by atoms with E-state index in [1.807, 2.05) is 20.8 Å². The maximum absolute atomic E-state index is 5.28. The van der Waals surface area contributed by atoms with Crippen molar-refractivity contribution in [3.63, 3.8) is 0 Å². The first-order chi connectivity index (χ1) is 13.9. The normalized spacial score (nSPS) is 30.8. The molecular weight excluding hydrogens is 400 g/mol. The molecule has 0 aromatic carbocycles. The van der Waals surface area contributed by atoms with Crippen LogP contribution in [-0.2, 0) is 0 Å².